The van der Waals surface area contributed by atoms with Gasteiger partial charge in [0.15, 0.2) is 0 Å². The van der Waals surface area contributed by atoms with Crippen molar-refractivity contribution >= 4 is 0 Å². The molecule has 0 N–H and O–H groups in total. The molecule has 0 bridgehead atoms. The van der Waals surface area contributed by atoms with Gasteiger partial charge in [0, 0.05) is 12.4 Å². The van der Waals surface area contributed by atoms with E-state index in [9.17, 15) is 0 Å². The fraction of sp³-hybridized carbons (Fsp3) is 0.765. The molecule has 1 aromatic heterocycles. The van der Waals surface area contributed by atoms with Gasteiger partial charge in [0.1, 0.15) is 5.82 Å². The number of rotatable bonds is 9. The molecule has 0 aliphatic rings. The number of nitrogens with zero attached hydrogens (tertiary/aromatic N) is 2. The van der Waals surface area contributed by atoms with Crippen molar-refractivity contribution in [1.82, 2.24) is 9.97 Å². The number of hydrogen-bond donors (Lipinski definition) is 0. The zero-order valence-corrected chi connectivity index (χ0v) is 13.2. The molecule has 0 aliphatic heterocycles. The molecule has 1 aromatic rings. The van der Waals surface area contributed by atoms with E-state index >= 15 is 0 Å². The lowest BCUT2D eigenvalue weighted by Gasteiger charge is -2.30. The average molecular weight is 262 g/mol. The molecule has 1 rings (SSSR count). The average Bonchev–Trinajstić information content (AvgIpc) is 2.42. The van der Waals surface area contributed by atoms with Gasteiger partial charge in [-0.2, -0.15) is 0 Å². The van der Waals surface area contributed by atoms with Crippen LogP contribution in [0.3, 0.4) is 0 Å². The first-order valence-electron chi connectivity index (χ1n) is 7.91. The monoisotopic (exact) mass is 262 g/mol. The third-order valence-electron chi connectivity index (χ3n) is 4.14. The summed E-state index contributed by atoms with van der Waals surface area (Å²) in [7, 11) is 0. The van der Waals surface area contributed by atoms with Crippen molar-refractivity contribution in [3.63, 3.8) is 0 Å². The lowest BCUT2D eigenvalue weighted by molar-refractivity contribution is 0.367. The Morgan fingerprint density at radius 2 is 1.47 bits per heavy atom. The minimum Gasteiger partial charge on any atom is -0.241 e. The highest BCUT2D eigenvalue weighted by atomic mass is 14.8. The van der Waals surface area contributed by atoms with Gasteiger partial charge in [-0.3, -0.25) is 0 Å². The molecule has 2 nitrogen and oxygen atoms in total. The Kier molecular flexibility index (Phi) is 7.04. The highest BCUT2D eigenvalue weighted by molar-refractivity contribution is 5.18. The van der Waals surface area contributed by atoms with Crippen LogP contribution in [0.2, 0.25) is 0 Å². The molecule has 0 radical (unpaired) electrons. The van der Waals surface area contributed by atoms with E-state index < -0.39 is 0 Å². The Morgan fingerprint density at radius 1 is 0.895 bits per heavy atom. The molecule has 0 aromatic carbocycles. The smallest absolute Gasteiger partial charge is 0.125 e. The van der Waals surface area contributed by atoms with Crippen molar-refractivity contribution in [2.24, 2.45) is 0 Å². The van der Waals surface area contributed by atoms with Crippen molar-refractivity contribution in [2.75, 3.05) is 0 Å². The van der Waals surface area contributed by atoms with E-state index in [0.29, 0.717) is 0 Å². The van der Waals surface area contributed by atoms with Crippen molar-refractivity contribution < 1.29 is 0 Å². The van der Waals surface area contributed by atoms with Crippen LogP contribution in [-0.2, 0) is 5.41 Å². The maximum Gasteiger partial charge on any atom is 0.125 e. The van der Waals surface area contributed by atoms with Crippen LogP contribution >= 0.6 is 0 Å². The summed E-state index contributed by atoms with van der Waals surface area (Å²) >= 11 is 0. The van der Waals surface area contributed by atoms with Gasteiger partial charge < -0.3 is 0 Å². The molecule has 19 heavy (non-hydrogen) atoms. The van der Waals surface area contributed by atoms with Crippen LogP contribution < -0.4 is 0 Å². The predicted molar refractivity (Wildman–Crippen MR) is 82.4 cm³/mol. The highest BCUT2D eigenvalue weighted by Gasteiger charge is 2.26. The fourth-order valence-corrected chi connectivity index (χ4v) is 2.63. The zero-order chi connectivity index (χ0) is 14.1. The Hall–Kier alpha value is -0.920. The lowest BCUT2D eigenvalue weighted by Crippen LogP contribution is -2.22. The summed E-state index contributed by atoms with van der Waals surface area (Å²) in [6.45, 7) is 8.88. The van der Waals surface area contributed by atoms with E-state index in [1.165, 1.54) is 56.9 Å². The normalized spacial score (nSPS) is 14.3. The van der Waals surface area contributed by atoms with Crippen LogP contribution in [0.4, 0.5) is 0 Å². The van der Waals surface area contributed by atoms with Crippen molar-refractivity contribution in [3.8, 4) is 0 Å². The van der Waals surface area contributed by atoms with Gasteiger partial charge in [-0.15, -0.1) is 0 Å². The minimum atomic E-state index is 0.261. The Balaban J connectivity index is 2.70. The molecule has 108 valence electrons. The van der Waals surface area contributed by atoms with E-state index in [1.54, 1.807) is 0 Å². The second-order valence-electron chi connectivity index (χ2n) is 5.99. The maximum atomic E-state index is 4.39. The Labute approximate surface area is 119 Å². The maximum absolute atomic E-state index is 4.39. The third-order valence-corrected chi connectivity index (χ3v) is 4.14. The summed E-state index contributed by atoms with van der Waals surface area (Å²) in [5.41, 5.74) is 1.58. The van der Waals surface area contributed by atoms with Gasteiger partial charge >= 0.3 is 0 Å². The molecule has 0 fully saturated rings. The second-order valence-corrected chi connectivity index (χ2v) is 5.99. The van der Waals surface area contributed by atoms with Crippen LogP contribution in [0.15, 0.2) is 12.4 Å². The SMILES string of the molecule is CCCCCCC(C)(CCCC)c1cnc(C)nc1. The van der Waals surface area contributed by atoms with E-state index in [2.05, 4.69) is 30.7 Å². The largest absolute Gasteiger partial charge is 0.241 e. The molecule has 0 spiro atoms. The van der Waals surface area contributed by atoms with Crippen LogP contribution in [0, 0.1) is 6.92 Å². The minimum absolute atomic E-state index is 0.261. The van der Waals surface area contributed by atoms with Gasteiger partial charge in [0.25, 0.3) is 0 Å². The lowest BCUT2D eigenvalue weighted by atomic mass is 9.75. The molecule has 1 unspecified atom stereocenters. The first-order valence-corrected chi connectivity index (χ1v) is 7.91. The van der Waals surface area contributed by atoms with Gasteiger partial charge in [0.2, 0.25) is 0 Å². The number of hydrogen-bond acceptors (Lipinski definition) is 2. The summed E-state index contributed by atoms with van der Waals surface area (Å²) in [5, 5.41) is 0. The van der Waals surface area contributed by atoms with Crippen molar-refractivity contribution in [3.05, 3.63) is 23.8 Å². The first kappa shape index (κ1) is 16.1. The van der Waals surface area contributed by atoms with E-state index in [4.69, 9.17) is 0 Å². The summed E-state index contributed by atoms with van der Waals surface area (Å²) in [6, 6.07) is 0. The van der Waals surface area contributed by atoms with Crippen LogP contribution in [0.1, 0.15) is 83.5 Å². The number of aromatic nitrogens is 2. The Bertz CT molecular complexity index is 345. The Morgan fingerprint density at radius 3 is 2.05 bits per heavy atom. The van der Waals surface area contributed by atoms with Crippen LogP contribution in [-0.4, -0.2) is 9.97 Å². The summed E-state index contributed by atoms with van der Waals surface area (Å²) in [6.07, 6.45) is 14.5. The van der Waals surface area contributed by atoms with E-state index in [0.717, 1.165) is 5.82 Å². The fourth-order valence-electron chi connectivity index (χ4n) is 2.63. The van der Waals surface area contributed by atoms with E-state index in [-0.39, 0.29) is 5.41 Å². The summed E-state index contributed by atoms with van der Waals surface area (Å²) in [4.78, 5) is 8.77. The highest BCUT2D eigenvalue weighted by Crippen LogP contribution is 2.34. The van der Waals surface area contributed by atoms with Crippen LogP contribution in [0.25, 0.3) is 0 Å². The summed E-state index contributed by atoms with van der Waals surface area (Å²) < 4.78 is 0. The number of unbranched alkanes of at least 4 members (excludes halogenated alkanes) is 4. The zero-order valence-electron chi connectivity index (χ0n) is 13.2. The van der Waals surface area contributed by atoms with Gasteiger partial charge in [-0.25, -0.2) is 9.97 Å². The molecule has 0 saturated carbocycles. The molecule has 1 atom stereocenters. The molecule has 2 heteroatoms. The predicted octanol–water partition coefficient (Wildman–Crippen LogP) is 5.20. The van der Waals surface area contributed by atoms with Gasteiger partial charge in [-0.1, -0.05) is 59.3 Å². The standard InChI is InChI=1S/C17H30N2/c1-5-7-9-10-12-17(4,11-8-6-2)16-13-18-15(3)19-14-16/h13-14H,5-12H2,1-4H3. The first-order chi connectivity index (χ1) is 9.12. The van der Waals surface area contributed by atoms with Crippen molar-refractivity contribution in [1.29, 1.82) is 0 Å². The van der Waals surface area contributed by atoms with Crippen molar-refractivity contribution in [2.45, 2.75) is 84.5 Å². The molecular formula is C17H30N2. The molecule has 1 heterocycles. The molecule has 0 aliphatic carbocycles. The number of aryl methyl sites for hydroxylation is 1. The van der Waals surface area contributed by atoms with Gasteiger partial charge in [-0.05, 0) is 30.7 Å². The van der Waals surface area contributed by atoms with Crippen LogP contribution in [0.5, 0.6) is 0 Å². The molecule has 0 saturated heterocycles. The topological polar surface area (TPSA) is 25.8 Å². The van der Waals surface area contributed by atoms with E-state index in [1.807, 2.05) is 19.3 Å². The second kappa shape index (κ2) is 8.29. The third kappa shape index (κ3) is 5.30. The quantitative estimate of drug-likeness (QED) is 0.571. The summed E-state index contributed by atoms with van der Waals surface area (Å²) in [5.74, 6) is 0.868. The molecule has 0 amide bonds. The molecular weight excluding hydrogens is 232 g/mol. The van der Waals surface area contributed by atoms with Gasteiger partial charge in [0.05, 0.1) is 0 Å².